The van der Waals surface area contributed by atoms with Gasteiger partial charge in [0.25, 0.3) is 0 Å². The zero-order valence-corrected chi connectivity index (χ0v) is 32.8. The summed E-state index contributed by atoms with van der Waals surface area (Å²) in [4.78, 5) is 12.3. The molecule has 286 valence electrons. The van der Waals surface area contributed by atoms with Gasteiger partial charge in [0.1, 0.15) is 0 Å². The summed E-state index contributed by atoms with van der Waals surface area (Å²) in [5, 5.41) is 23.1. The molecule has 0 heterocycles. The summed E-state index contributed by atoms with van der Waals surface area (Å²) < 4.78 is 0. The summed E-state index contributed by atoms with van der Waals surface area (Å²) in [7, 11) is 0. The molecule has 4 heteroatoms. The van der Waals surface area contributed by atoms with E-state index >= 15 is 0 Å². The van der Waals surface area contributed by atoms with E-state index in [2.05, 4.69) is 31.3 Å². The molecule has 4 nitrogen and oxygen atoms in total. The van der Waals surface area contributed by atoms with Gasteiger partial charge in [-0.05, 0) is 38.5 Å². The topological polar surface area (TPSA) is 69.6 Å². The predicted octanol–water partition coefficient (Wildman–Crippen LogP) is 13.5. The highest BCUT2D eigenvalue weighted by molar-refractivity contribution is 5.76. The van der Waals surface area contributed by atoms with E-state index in [1.165, 1.54) is 193 Å². The van der Waals surface area contributed by atoms with Gasteiger partial charge in [-0.15, -0.1) is 0 Å². The highest BCUT2D eigenvalue weighted by atomic mass is 16.3. The van der Waals surface area contributed by atoms with E-state index in [9.17, 15) is 15.0 Å². The highest BCUT2D eigenvalue weighted by Gasteiger charge is 2.20. The van der Waals surface area contributed by atoms with Crippen LogP contribution < -0.4 is 5.32 Å². The van der Waals surface area contributed by atoms with Gasteiger partial charge in [0.05, 0.1) is 18.8 Å². The van der Waals surface area contributed by atoms with Gasteiger partial charge in [0.15, 0.2) is 0 Å². The fraction of sp³-hybridized carbons (Fsp3) is 0.932. The lowest BCUT2D eigenvalue weighted by atomic mass is 10.0. The molecule has 0 aliphatic carbocycles. The molecule has 0 saturated heterocycles. The van der Waals surface area contributed by atoms with Gasteiger partial charge in [-0.2, -0.15) is 0 Å². The van der Waals surface area contributed by atoms with Gasteiger partial charge in [0, 0.05) is 6.42 Å². The number of unbranched alkanes of at least 4 members (excludes halogenated alkanes) is 31. The monoisotopic (exact) mass is 678 g/mol. The van der Waals surface area contributed by atoms with Crippen LogP contribution in [0.3, 0.4) is 0 Å². The third kappa shape index (κ3) is 36.4. The number of nitrogens with one attached hydrogen (secondary N) is 1. The molecule has 0 fully saturated rings. The maximum absolute atomic E-state index is 12.3. The second-order valence-electron chi connectivity index (χ2n) is 15.1. The lowest BCUT2D eigenvalue weighted by molar-refractivity contribution is -0.123. The van der Waals surface area contributed by atoms with Crippen molar-refractivity contribution in [3.8, 4) is 0 Å². The predicted molar refractivity (Wildman–Crippen MR) is 212 cm³/mol. The SMILES string of the molecule is CCCCC/C=C\CCCCCCCC(=O)NC(CO)C(O)CCCCCCCCCCCCCCCCCCCCCCCCCC. The van der Waals surface area contributed by atoms with E-state index in [1.807, 2.05) is 0 Å². The van der Waals surface area contributed by atoms with Crippen molar-refractivity contribution in [3.05, 3.63) is 12.2 Å². The largest absolute Gasteiger partial charge is 0.394 e. The number of aliphatic hydroxyl groups is 2. The van der Waals surface area contributed by atoms with Crippen LogP contribution in [0.4, 0.5) is 0 Å². The Morgan fingerprint density at radius 2 is 0.792 bits per heavy atom. The summed E-state index contributed by atoms with van der Waals surface area (Å²) in [6.45, 7) is 4.34. The lowest BCUT2D eigenvalue weighted by Crippen LogP contribution is -2.45. The number of carbonyl (C=O) groups is 1. The van der Waals surface area contributed by atoms with Gasteiger partial charge < -0.3 is 15.5 Å². The Balaban J connectivity index is 3.45. The molecule has 0 saturated carbocycles. The third-order valence-electron chi connectivity index (χ3n) is 10.3. The molecule has 0 radical (unpaired) electrons. The molecule has 48 heavy (non-hydrogen) atoms. The third-order valence-corrected chi connectivity index (χ3v) is 10.3. The summed E-state index contributed by atoms with van der Waals surface area (Å²) >= 11 is 0. The first-order valence-corrected chi connectivity index (χ1v) is 21.9. The molecule has 2 unspecified atom stereocenters. The van der Waals surface area contributed by atoms with Crippen LogP contribution in [0.2, 0.25) is 0 Å². The molecule has 3 N–H and O–H groups in total. The number of rotatable bonds is 40. The van der Waals surface area contributed by atoms with Crippen molar-refractivity contribution in [2.75, 3.05) is 6.61 Å². The summed E-state index contributed by atoms with van der Waals surface area (Å²) in [6, 6.07) is -0.536. The number of allylic oxidation sites excluding steroid dienone is 2. The maximum atomic E-state index is 12.3. The van der Waals surface area contributed by atoms with Gasteiger partial charge in [0.2, 0.25) is 5.91 Å². The minimum Gasteiger partial charge on any atom is -0.394 e. The molecule has 0 aromatic heterocycles. The van der Waals surface area contributed by atoms with E-state index in [4.69, 9.17) is 0 Å². The van der Waals surface area contributed by atoms with E-state index in [-0.39, 0.29) is 12.5 Å². The minimum atomic E-state index is -0.659. The van der Waals surface area contributed by atoms with Crippen LogP contribution in [-0.2, 0) is 4.79 Å². The normalized spacial score (nSPS) is 13.0. The number of carbonyl (C=O) groups excluding carboxylic acids is 1. The molecule has 1 amide bonds. The van der Waals surface area contributed by atoms with Crippen LogP contribution in [-0.4, -0.2) is 34.9 Å². The first kappa shape index (κ1) is 47.1. The maximum Gasteiger partial charge on any atom is 0.220 e. The molecule has 0 aliphatic rings. The van der Waals surface area contributed by atoms with Crippen molar-refractivity contribution in [1.29, 1.82) is 0 Å². The van der Waals surface area contributed by atoms with Crippen molar-refractivity contribution >= 4 is 5.91 Å². The zero-order valence-electron chi connectivity index (χ0n) is 32.8. The van der Waals surface area contributed by atoms with Gasteiger partial charge >= 0.3 is 0 Å². The van der Waals surface area contributed by atoms with E-state index in [1.54, 1.807) is 0 Å². The van der Waals surface area contributed by atoms with Gasteiger partial charge in [-0.3, -0.25) is 4.79 Å². The van der Waals surface area contributed by atoms with Crippen molar-refractivity contribution in [2.24, 2.45) is 0 Å². The molecule has 0 aliphatic heterocycles. The van der Waals surface area contributed by atoms with Gasteiger partial charge in [-0.1, -0.05) is 212 Å². The molecular formula is C44H87NO3. The highest BCUT2D eigenvalue weighted by Crippen LogP contribution is 2.17. The van der Waals surface area contributed by atoms with Crippen LogP contribution in [0.1, 0.15) is 245 Å². The molecule has 2 atom stereocenters. The van der Waals surface area contributed by atoms with Crippen molar-refractivity contribution in [2.45, 2.75) is 257 Å². The Morgan fingerprint density at radius 1 is 0.479 bits per heavy atom. The van der Waals surface area contributed by atoms with Crippen molar-refractivity contribution in [1.82, 2.24) is 5.32 Å². The summed E-state index contributed by atoms with van der Waals surface area (Å²) in [6.07, 6.45) is 50.1. The average Bonchev–Trinajstić information content (AvgIpc) is 3.09. The first-order chi connectivity index (χ1) is 23.7. The van der Waals surface area contributed by atoms with Crippen LogP contribution in [0.25, 0.3) is 0 Å². The summed E-state index contributed by atoms with van der Waals surface area (Å²) in [5.74, 6) is -0.0392. The molecule has 0 aromatic rings. The number of aliphatic hydroxyl groups excluding tert-OH is 2. The number of hydrogen-bond acceptors (Lipinski definition) is 3. The lowest BCUT2D eigenvalue weighted by Gasteiger charge is -2.22. The average molecular weight is 678 g/mol. The van der Waals surface area contributed by atoms with Crippen LogP contribution >= 0.6 is 0 Å². The fourth-order valence-corrected chi connectivity index (χ4v) is 6.89. The fourth-order valence-electron chi connectivity index (χ4n) is 6.89. The minimum absolute atomic E-state index is 0.0392. The smallest absolute Gasteiger partial charge is 0.220 e. The van der Waals surface area contributed by atoms with Crippen molar-refractivity contribution < 1.29 is 15.0 Å². The molecule has 0 aromatic carbocycles. The Kier molecular flexibility index (Phi) is 39.8. The van der Waals surface area contributed by atoms with E-state index < -0.39 is 12.1 Å². The Bertz CT molecular complexity index is 651. The number of hydrogen-bond donors (Lipinski definition) is 3. The Hall–Kier alpha value is -0.870. The Morgan fingerprint density at radius 3 is 1.19 bits per heavy atom. The van der Waals surface area contributed by atoms with Crippen molar-refractivity contribution in [3.63, 3.8) is 0 Å². The second kappa shape index (κ2) is 40.6. The molecule has 0 spiro atoms. The Labute approximate surface area is 301 Å². The zero-order chi connectivity index (χ0) is 35.0. The molecular weight excluding hydrogens is 590 g/mol. The number of amides is 1. The van der Waals surface area contributed by atoms with Crippen LogP contribution in [0, 0.1) is 0 Å². The van der Waals surface area contributed by atoms with Crippen LogP contribution in [0.15, 0.2) is 12.2 Å². The molecule has 0 bridgehead atoms. The van der Waals surface area contributed by atoms with Crippen LogP contribution in [0.5, 0.6) is 0 Å². The van der Waals surface area contributed by atoms with E-state index in [0.29, 0.717) is 12.8 Å². The first-order valence-electron chi connectivity index (χ1n) is 21.9. The van der Waals surface area contributed by atoms with E-state index in [0.717, 1.165) is 25.7 Å². The quantitative estimate of drug-likeness (QED) is 0.0446. The molecule has 0 rings (SSSR count). The second-order valence-corrected chi connectivity index (χ2v) is 15.1. The summed E-state index contributed by atoms with van der Waals surface area (Å²) in [5.41, 5.74) is 0. The van der Waals surface area contributed by atoms with Gasteiger partial charge in [-0.25, -0.2) is 0 Å². The standard InChI is InChI=1S/C44H87NO3/c1-3-5-7-9-11-13-15-17-18-19-20-21-22-23-24-25-26-27-28-29-31-33-35-37-39-43(47)42(41-46)45-44(48)40-38-36-34-32-30-16-14-12-10-8-6-4-2/h12,14,42-43,46-47H,3-11,13,15-41H2,1-2H3,(H,45,48)/b14-12-.